The summed E-state index contributed by atoms with van der Waals surface area (Å²) < 4.78 is 38.3. The maximum Gasteiger partial charge on any atom is 0.416 e. The van der Waals surface area contributed by atoms with E-state index in [-0.39, 0.29) is 5.91 Å². The number of aromatic nitrogens is 1. The molecule has 4 nitrogen and oxygen atoms in total. The molecule has 1 saturated heterocycles. The van der Waals surface area contributed by atoms with Gasteiger partial charge in [0.2, 0.25) is 0 Å². The average molecular weight is 426 g/mol. The van der Waals surface area contributed by atoms with Crippen LogP contribution in [0.25, 0.3) is 10.6 Å². The lowest BCUT2D eigenvalue weighted by molar-refractivity contribution is -0.137. The summed E-state index contributed by atoms with van der Waals surface area (Å²) in [6.45, 7) is 8.30. The monoisotopic (exact) mass is 425 g/mol. The highest BCUT2D eigenvalue weighted by Crippen LogP contribution is 2.33. The van der Waals surface area contributed by atoms with Crippen LogP contribution in [-0.4, -0.2) is 53.4 Å². The standard InChI is InChI=1S/C21H26F3N3OS/c1-3-4-10-26-11-5-12-27(14-13-26)20(28)18-15(2)25-19(29-18)16-6-8-17(9-7-16)21(22,23)24/h6-9H,3-5,10-14H2,1-2H3. The largest absolute Gasteiger partial charge is 0.416 e. The van der Waals surface area contributed by atoms with E-state index in [9.17, 15) is 18.0 Å². The van der Waals surface area contributed by atoms with Gasteiger partial charge in [-0.05, 0) is 45.0 Å². The van der Waals surface area contributed by atoms with E-state index in [1.165, 1.54) is 29.9 Å². The minimum Gasteiger partial charge on any atom is -0.337 e. The van der Waals surface area contributed by atoms with E-state index in [4.69, 9.17) is 0 Å². The molecule has 1 aliphatic heterocycles. The van der Waals surface area contributed by atoms with E-state index < -0.39 is 11.7 Å². The van der Waals surface area contributed by atoms with Gasteiger partial charge in [0, 0.05) is 25.2 Å². The van der Waals surface area contributed by atoms with E-state index in [1.54, 1.807) is 6.92 Å². The zero-order valence-corrected chi connectivity index (χ0v) is 17.6. The first-order chi connectivity index (χ1) is 13.8. The molecule has 0 bridgehead atoms. The van der Waals surface area contributed by atoms with Crippen LogP contribution in [0.15, 0.2) is 24.3 Å². The first-order valence-electron chi connectivity index (χ1n) is 9.96. The van der Waals surface area contributed by atoms with Gasteiger partial charge in [-0.25, -0.2) is 4.98 Å². The van der Waals surface area contributed by atoms with Crippen molar-refractivity contribution in [3.05, 3.63) is 40.4 Å². The number of halogens is 3. The number of amides is 1. The Hall–Kier alpha value is -1.93. The van der Waals surface area contributed by atoms with Crippen molar-refractivity contribution in [3.8, 4) is 10.6 Å². The van der Waals surface area contributed by atoms with Crippen molar-refractivity contribution < 1.29 is 18.0 Å². The van der Waals surface area contributed by atoms with E-state index in [0.717, 1.165) is 44.6 Å². The number of carbonyl (C=O) groups is 1. The van der Waals surface area contributed by atoms with Crippen molar-refractivity contribution in [2.45, 2.75) is 39.3 Å². The smallest absolute Gasteiger partial charge is 0.337 e. The van der Waals surface area contributed by atoms with Crippen molar-refractivity contribution in [1.82, 2.24) is 14.8 Å². The molecule has 1 aromatic heterocycles. The maximum absolute atomic E-state index is 13.1. The molecule has 0 saturated carbocycles. The Kier molecular flexibility index (Phi) is 6.95. The van der Waals surface area contributed by atoms with Gasteiger partial charge < -0.3 is 9.80 Å². The van der Waals surface area contributed by atoms with Crippen molar-refractivity contribution in [2.24, 2.45) is 0 Å². The molecule has 29 heavy (non-hydrogen) atoms. The summed E-state index contributed by atoms with van der Waals surface area (Å²) in [4.78, 5) is 22.4. The lowest BCUT2D eigenvalue weighted by Crippen LogP contribution is -2.35. The molecular formula is C21H26F3N3OS. The number of aryl methyl sites for hydroxylation is 1. The topological polar surface area (TPSA) is 36.4 Å². The second kappa shape index (κ2) is 9.26. The summed E-state index contributed by atoms with van der Waals surface area (Å²) in [5.74, 6) is -0.0319. The van der Waals surface area contributed by atoms with E-state index in [1.807, 2.05) is 4.90 Å². The van der Waals surface area contributed by atoms with Gasteiger partial charge in [0.1, 0.15) is 9.88 Å². The lowest BCUT2D eigenvalue weighted by Gasteiger charge is -2.21. The van der Waals surface area contributed by atoms with Crippen LogP contribution in [0.2, 0.25) is 0 Å². The molecule has 0 aliphatic carbocycles. The second-order valence-corrected chi connectivity index (χ2v) is 8.35. The van der Waals surface area contributed by atoms with E-state index in [2.05, 4.69) is 16.8 Å². The van der Waals surface area contributed by atoms with Gasteiger partial charge in [0.15, 0.2) is 0 Å². The van der Waals surface area contributed by atoms with Crippen LogP contribution >= 0.6 is 11.3 Å². The molecule has 0 N–H and O–H groups in total. The average Bonchev–Trinajstić information content (AvgIpc) is 2.92. The molecule has 2 aromatic rings. The first kappa shape index (κ1) is 21.8. The summed E-state index contributed by atoms with van der Waals surface area (Å²) in [5.41, 5.74) is 0.525. The molecule has 158 valence electrons. The fraction of sp³-hybridized carbons (Fsp3) is 0.524. The molecule has 0 spiro atoms. The fourth-order valence-electron chi connectivity index (χ4n) is 3.44. The first-order valence-corrected chi connectivity index (χ1v) is 10.8. The molecule has 1 amide bonds. The third kappa shape index (κ3) is 5.36. The predicted octanol–water partition coefficient (Wildman–Crippen LogP) is 5.09. The van der Waals surface area contributed by atoms with Crippen molar-refractivity contribution >= 4 is 17.2 Å². The van der Waals surface area contributed by atoms with Gasteiger partial charge in [-0.3, -0.25) is 4.79 Å². The van der Waals surface area contributed by atoms with Crippen LogP contribution in [-0.2, 0) is 6.18 Å². The summed E-state index contributed by atoms with van der Waals surface area (Å²) in [6, 6.07) is 4.92. The van der Waals surface area contributed by atoms with E-state index in [0.29, 0.717) is 34.2 Å². The Bertz CT molecular complexity index is 833. The molecular weight excluding hydrogens is 399 g/mol. The summed E-state index contributed by atoms with van der Waals surface area (Å²) in [6.07, 6.45) is -1.10. The zero-order valence-electron chi connectivity index (χ0n) is 16.8. The van der Waals surface area contributed by atoms with Gasteiger partial charge in [-0.2, -0.15) is 13.2 Å². The Morgan fingerprint density at radius 3 is 2.52 bits per heavy atom. The number of carbonyl (C=O) groups excluding carboxylic acids is 1. The highest BCUT2D eigenvalue weighted by Gasteiger charge is 2.30. The second-order valence-electron chi connectivity index (χ2n) is 7.35. The SMILES string of the molecule is CCCCN1CCCN(C(=O)c2sc(-c3ccc(C(F)(F)F)cc3)nc2C)CC1. The Morgan fingerprint density at radius 1 is 1.14 bits per heavy atom. The van der Waals surface area contributed by atoms with Crippen molar-refractivity contribution in [2.75, 3.05) is 32.7 Å². The number of nitrogens with zero attached hydrogens (tertiary/aromatic N) is 3. The van der Waals surface area contributed by atoms with Crippen molar-refractivity contribution in [3.63, 3.8) is 0 Å². The molecule has 1 aliphatic rings. The number of rotatable bonds is 5. The number of alkyl halides is 3. The van der Waals surface area contributed by atoms with Crippen LogP contribution in [0.3, 0.4) is 0 Å². The number of hydrogen-bond donors (Lipinski definition) is 0. The van der Waals surface area contributed by atoms with Crippen LogP contribution in [0.4, 0.5) is 13.2 Å². The van der Waals surface area contributed by atoms with Gasteiger partial charge in [0.25, 0.3) is 5.91 Å². The number of benzene rings is 1. The van der Waals surface area contributed by atoms with Gasteiger partial charge >= 0.3 is 6.18 Å². The summed E-state index contributed by atoms with van der Waals surface area (Å²) >= 11 is 1.25. The van der Waals surface area contributed by atoms with Gasteiger partial charge in [0.05, 0.1) is 11.3 Å². The predicted molar refractivity (Wildman–Crippen MR) is 109 cm³/mol. The Labute approximate surface area is 173 Å². The van der Waals surface area contributed by atoms with Crippen LogP contribution in [0.1, 0.15) is 47.1 Å². The number of unbranched alkanes of at least 4 members (excludes halogenated alkanes) is 1. The fourth-order valence-corrected chi connectivity index (χ4v) is 4.48. The third-order valence-electron chi connectivity index (χ3n) is 5.15. The highest BCUT2D eigenvalue weighted by atomic mass is 32.1. The molecule has 3 rings (SSSR count). The molecule has 8 heteroatoms. The van der Waals surface area contributed by atoms with Crippen LogP contribution in [0, 0.1) is 6.92 Å². The molecule has 1 fully saturated rings. The zero-order chi connectivity index (χ0) is 21.0. The maximum atomic E-state index is 13.1. The lowest BCUT2D eigenvalue weighted by atomic mass is 10.1. The van der Waals surface area contributed by atoms with E-state index >= 15 is 0 Å². The molecule has 2 heterocycles. The number of thiazole rings is 1. The molecule has 0 radical (unpaired) electrons. The highest BCUT2D eigenvalue weighted by molar-refractivity contribution is 7.17. The molecule has 1 aromatic carbocycles. The van der Waals surface area contributed by atoms with Crippen LogP contribution < -0.4 is 0 Å². The van der Waals surface area contributed by atoms with Crippen LogP contribution in [0.5, 0.6) is 0 Å². The number of hydrogen-bond acceptors (Lipinski definition) is 4. The molecule has 0 atom stereocenters. The minimum atomic E-state index is -4.36. The summed E-state index contributed by atoms with van der Waals surface area (Å²) in [5, 5.41) is 0.568. The minimum absolute atomic E-state index is 0.0319. The summed E-state index contributed by atoms with van der Waals surface area (Å²) in [7, 11) is 0. The Morgan fingerprint density at radius 2 is 1.86 bits per heavy atom. The third-order valence-corrected chi connectivity index (χ3v) is 6.35. The van der Waals surface area contributed by atoms with Crippen molar-refractivity contribution in [1.29, 1.82) is 0 Å². The van der Waals surface area contributed by atoms with Gasteiger partial charge in [-0.1, -0.05) is 25.5 Å². The normalized spacial score (nSPS) is 16.1. The Balaban J connectivity index is 1.72. The van der Waals surface area contributed by atoms with Gasteiger partial charge in [-0.15, -0.1) is 11.3 Å². The molecule has 0 unspecified atom stereocenters. The quantitative estimate of drug-likeness (QED) is 0.670.